The Bertz CT molecular complexity index is 1110. The van der Waals surface area contributed by atoms with E-state index < -0.39 is 0 Å². The second kappa shape index (κ2) is 23.7. The molecule has 0 radical (unpaired) electrons. The van der Waals surface area contributed by atoms with Crippen molar-refractivity contribution < 1.29 is 0 Å². The van der Waals surface area contributed by atoms with Gasteiger partial charge >= 0.3 is 0 Å². The summed E-state index contributed by atoms with van der Waals surface area (Å²) in [4.78, 5) is 1.43. The van der Waals surface area contributed by atoms with Crippen molar-refractivity contribution in [3.8, 4) is 23.5 Å². The molecule has 3 rings (SSSR count). The minimum absolute atomic E-state index is 0.822. The second-order valence-electron chi connectivity index (χ2n) is 8.17. The fourth-order valence-corrected chi connectivity index (χ4v) is 4.55. The summed E-state index contributed by atoms with van der Waals surface area (Å²) in [6.45, 7) is 12.4. The van der Waals surface area contributed by atoms with E-state index >= 15 is 0 Å². The van der Waals surface area contributed by atoms with Crippen molar-refractivity contribution in [3.63, 3.8) is 0 Å². The Morgan fingerprint density at radius 2 is 1.69 bits per heavy atom. The van der Waals surface area contributed by atoms with Crippen LogP contribution in [0.3, 0.4) is 0 Å². The lowest BCUT2D eigenvalue weighted by Gasteiger charge is -2.18. The Balaban J connectivity index is 0.000000769. The molecule has 0 fully saturated rings. The Kier molecular flexibility index (Phi) is 21.7. The molecule has 2 nitrogen and oxygen atoms in total. The molecule has 3 heteroatoms. The minimum Gasteiger partial charge on any atom is -0.405 e. The van der Waals surface area contributed by atoms with Crippen LogP contribution in [0.15, 0.2) is 101 Å². The van der Waals surface area contributed by atoms with E-state index in [-0.39, 0.29) is 0 Å². The molecule has 2 aromatic rings. The smallest absolute Gasteiger partial charge is 0.0337 e. The van der Waals surface area contributed by atoms with Crippen LogP contribution in [0.4, 0.5) is 5.69 Å². The maximum Gasteiger partial charge on any atom is 0.0337 e. The van der Waals surface area contributed by atoms with Crippen molar-refractivity contribution in [1.82, 2.24) is 0 Å². The molecule has 0 unspecified atom stereocenters. The molecule has 1 heterocycles. The van der Waals surface area contributed by atoms with Gasteiger partial charge in [0.05, 0.1) is 0 Å². The predicted molar refractivity (Wildman–Crippen MR) is 180 cm³/mol. The third-order valence-electron chi connectivity index (χ3n) is 5.40. The number of anilines is 1. The van der Waals surface area contributed by atoms with Crippen LogP contribution in [-0.2, 0) is 6.42 Å². The number of hydrogen-bond acceptors (Lipinski definition) is 3. The molecule has 0 atom stereocenters. The van der Waals surface area contributed by atoms with Crippen LogP contribution in [-0.4, -0.2) is 7.05 Å². The lowest BCUT2D eigenvalue weighted by atomic mass is 9.96. The molecule has 0 amide bonds. The van der Waals surface area contributed by atoms with Gasteiger partial charge in [-0.15, -0.1) is 12.3 Å². The fourth-order valence-electron chi connectivity index (χ4n) is 3.59. The standard InChI is InChI=1S/C21H23NS.C11H15N.2C2H6/c1-4-5-6-16-12-19-13-18(11-15(2)21(19)23-14-16)17-7-9-20(22-3)10-8-17;1-2-3-4-5-6-7-8-9-10-11-12;2*1-2/h5-11,13-14,22H,4,12H2,1-3H3;1,5-6,8-11H,3-4,7,12H2;2*1-2H3/b6-5-;6-5-,9-8-,11-10-;;. The molecule has 0 bridgehead atoms. The number of aryl methyl sites for hydroxylation is 1. The van der Waals surface area contributed by atoms with Crippen LogP contribution in [0.1, 0.15) is 71.4 Å². The summed E-state index contributed by atoms with van der Waals surface area (Å²) in [5, 5.41) is 5.47. The van der Waals surface area contributed by atoms with E-state index in [1.54, 1.807) is 6.08 Å². The molecule has 3 N–H and O–H groups in total. The van der Waals surface area contributed by atoms with Crippen molar-refractivity contribution >= 4 is 17.4 Å². The summed E-state index contributed by atoms with van der Waals surface area (Å²) in [7, 11) is 1.95. The topological polar surface area (TPSA) is 38.0 Å². The van der Waals surface area contributed by atoms with Crippen LogP contribution in [0.25, 0.3) is 11.1 Å². The SMILES string of the molecule is C#CCC/C=C\C/C=C\C=C/N.CC.CC.CC/C=C\C1=CSc2c(C)cc(-c3ccc(NC)cc3)cc2C1. The van der Waals surface area contributed by atoms with Gasteiger partial charge < -0.3 is 11.1 Å². The summed E-state index contributed by atoms with van der Waals surface area (Å²) in [5.41, 5.74) is 13.1. The average Bonchev–Trinajstić information content (AvgIpc) is 2.99. The molecule has 210 valence electrons. The highest BCUT2D eigenvalue weighted by atomic mass is 32.2. The normalized spacial score (nSPS) is 12.0. The number of allylic oxidation sites excluding steroid dienone is 8. The third kappa shape index (κ3) is 14.4. The van der Waals surface area contributed by atoms with Crippen molar-refractivity contribution in [1.29, 1.82) is 0 Å². The van der Waals surface area contributed by atoms with Crippen molar-refractivity contribution in [2.45, 2.75) is 78.5 Å². The maximum absolute atomic E-state index is 5.14. The van der Waals surface area contributed by atoms with Crippen LogP contribution < -0.4 is 11.1 Å². The molecule has 39 heavy (non-hydrogen) atoms. The third-order valence-corrected chi connectivity index (χ3v) is 6.64. The van der Waals surface area contributed by atoms with Gasteiger partial charge in [-0.2, -0.15) is 0 Å². The minimum atomic E-state index is 0.822. The van der Waals surface area contributed by atoms with Gasteiger partial charge in [0.25, 0.3) is 0 Å². The van der Waals surface area contributed by atoms with Crippen LogP contribution in [0.5, 0.6) is 0 Å². The summed E-state index contributed by atoms with van der Waals surface area (Å²) < 4.78 is 0. The molecule has 0 aromatic heterocycles. The first-order valence-corrected chi connectivity index (χ1v) is 15.1. The number of terminal acetylenes is 1. The van der Waals surface area contributed by atoms with Gasteiger partial charge in [0.2, 0.25) is 0 Å². The number of unbranched alkanes of at least 4 members (excludes halogenated alkanes) is 1. The Hall–Kier alpha value is -3.35. The summed E-state index contributed by atoms with van der Waals surface area (Å²) in [6.07, 6.45) is 25.9. The second-order valence-corrected chi connectivity index (χ2v) is 9.05. The number of thioether (sulfide) groups is 1. The van der Waals surface area contributed by atoms with E-state index in [2.05, 4.69) is 91.2 Å². The van der Waals surface area contributed by atoms with E-state index in [4.69, 9.17) is 12.2 Å². The van der Waals surface area contributed by atoms with Crippen molar-refractivity contribution in [2.75, 3.05) is 12.4 Å². The number of nitrogens with one attached hydrogen (secondary N) is 1. The Morgan fingerprint density at radius 1 is 0.974 bits per heavy atom. The van der Waals surface area contributed by atoms with Gasteiger partial charge in [-0.3, -0.25) is 0 Å². The molecule has 1 aliphatic rings. The molecular formula is C36H50N2S. The quantitative estimate of drug-likeness (QED) is 0.143. The Labute approximate surface area is 244 Å². The lowest BCUT2D eigenvalue weighted by molar-refractivity contribution is 1.08. The van der Waals surface area contributed by atoms with Crippen LogP contribution >= 0.6 is 11.8 Å². The van der Waals surface area contributed by atoms with Crippen molar-refractivity contribution in [3.05, 3.63) is 107 Å². The zero-order chi connectivity index (χ0) is 29.3. The Morgan fingerprint density at radius 3 is 2.31 bits per heavy atom. The zero-order valence-corrected chi connectivity index (χ0v) is 26.1. The summed E-state index contributed by atoms with van der Waals surface area (Å²) in [5.74, 6) is 2.58. The summed E-state index contributed by atoms with van der Waals surface area (Å²) in [6, 6.07) is 13.3. The number of fused-ring (bicyclic) bond motifs is 1. The van der Waals surface area contributed by atoms with Gasteiger partial charge in [-0.05, 0) is 96.3 Å². The molecular weight excluding hydrogens is 492 g/mol. The highest BCUT2D eigenvalue weighted by Crippen LogP contribution is 2.38. The predicted octanol–water partition coefficient (Wildman–Crippen LogP) is 10.6. The zero-order valence-electron chi connectivity index (χ0n) is 25.3. The molecule has 2 aromatic carbocycles. The lowest BCUT2D eigenvalue weighted by Crippen LogP contribution is -1.99. The van der Waals surface area contributed by atoms with E-state index in [0.717, 1.165) is 37.8 Å². The monoisotopic (exact) mass is 542 g/mol. The van der Waals surface area contributed by atoms with Gasteiger partial charge in [-0.25, -0.2) is 0 Å². The average molecular weight is 543 g/mol. The van der Waals surface area contributed by atoms with Gasteiger partial charge in [0.1, 0.15) is 0 Å². The van der Waals surface area contributed by atoms with E-state index in [1.165, 1.54) is 38.9 Å². The van der Waals surface area contributed by atoms with E-state index in [0.29, 0.717) is 0 Å². The fraction of sp³-hybridized carbons (Fsp3) is 0.333. The number of hydrogen-bond donors (Lipinski definition) is 2. The first-order chi connectivity index (χ1) is 19.1. The molecule has 0 aliphatic carbocycles. The highest BCUT2D eigenvalue weighted by molar-refractivity contribution is 8.02. The van der Waals surface area contributed by atoms with Crippen LogP contribution in [0.2, 0.25) is 0 Å². The van der Waals surface area contributed by atoms with Crippen LogP contribution in [0, 0.1) is 19.3 Å². The summed E-state index contributed by atoms with van der Waals surface area (Å²) >= 11 is 1.86. The molecule has 0 spiro atoms. The van der Waals surface area contributed by atoms with Gasteiger partial charge in [0, 0.05) is 24.1 Å². The largest absolute Gasteiger partial charge is 0.405 e. The van der Waals surface area contributed by atoms with Gasteiger partial charge in [-0.1, -0.05) is 101 Å². The van der Waals surface area contributed by atoms with Gasteiger partial charge in [0.15, 0.2) is 0 Å². The first-order valence-electron chi connectivity index (χ1n) is 14.2. The highest BCUT2D eigenvalue weighted by Gasteiger charge is 2.14. The van der Waals surface area contributed by atoms with Crippen molar-refractivity contribution in [2.24, 2.45) is 5.73 Å². The molecule has 0 saturated heterocycles. The van der Waals surface area contributed by atoms with E-state index in [1.807, 2.05) is 58.7 Å². The van der Waals surface area contributed by atoms with E-state index in [9.17, 15) is 0 Å². The number of rotatable bonds is 9. The number of benzene rings is 2. The molecule has 1 aliphatic heterocycles. The maximum atomic E-state index is 5.14. The number of nitrogens with two attached hydrogens (primary N) is 1. The first kappa shape index (κ1) is 35.6. The molecule has 0 saturated carbocycles.